The van der Waals surface area contributed by atoms with E-state index in [0.29, 0.717) is 17.6 Å². The van der Waals surface area contributed by atoms with E-state index in [1.165, 1.54) is 36.3 Å². The minimum Gasteiger partial charge on any atom is -0.307 e. The Hall–Kier alpha value is -7.15. The van der Waals surface area contributed by atoms with Gasteiger partial charge in [-0.15, -0.1) is 11.3 Å². The van der Waals surface area contributed by atoms with Gasteiger partial charge in [0, 0.05) is 58.5 Å². The van der Waals surface area contributed by atoms with Crippen LogP contribution in [0.3, 0.4) is 0 Å². The van der Waals surface area contributed by atoms with Crippen LogP contribution >= 0.6 is 11.3 Å². The summed E-state index contributed by atoms with van der Waals surface area (Å²) in [6.07, 6.45) is 0. The van der Waals surface area contributed by atoms with E-state index < -0.39 is 0 Å². The van der Waals surface area contributed by atoms with E-state index in [0.717, 1.165) is 55.0 Å². The van der Waals surface area contributed by atoms with Gasteiger partial charge in [-0.05, 0) is 65.4 Å². The molecule has 12 aromatic rings. The maximum atomic E-state index is 5.40. The molecule has 0 bridgehead atoms. The van der Waals surface area contributed by atoms with E-state index in [-0.39, 0.29) is 0 Å². The van der Waals surface area contributed by atoms with Crippen molar-refractivity contribution in [2.45, 2.75) is 0 Å². The van der Waals surface area contributed by atoms with Crippen molar-refractivity contribution < 1.29 is 0 Å². The molecule has 0 fully saturated rings. The Labute approximate surface area is 319 Å². The Morgan fingerprint density at radius 3 is 1.69 bits per heavy atom. The number of nitrogens with zero attached hydrogens (tertiary/aromatic N) is 5. The van der Waals surface area contributed by atoms with E-state index in [1.54, 1.807) is 0 Å². The third-order valence-corrected chi connectivity index (χ3v) is 12.1. The number of aromatic nitrogens is 5. The molecule has 55 heavy (non-hydrogen) atoms. The Morgan fingerprint density at radius 1 is 0.364 bits per heavy atom. The summed E-state index contributed by atoms with van der Waals surface area (Å²) in [5.41, 5.74) is 7.35. The molecule has 0 aliphatic heterocycles. The molecule has 12 rings (SSSR count). The summed E-state index contributed by atoms with van der Waals surface area (Å²) in [7, 11) is 0. The van der Waals surface area contributed by atoms with Gasteiger partial charge in [-0.3, -0.25) is 4.57 Å². The van der Waals surface area contributed by atoms with E-state index >= 15 is 0 Å². The van der Waals surface area contributed by atoms with Crippen LogP contribution in [0.2, 0.25) is 0 Å². The highest BCUT2D eigenvalue weighted by Gasteiger charge is 2.23. The van der Waals surface area contributed by atoms with Crippen LogP contribution in [0.5, 0.6) is 0 Å². The summed E-state index contributed by atoms with van der Waals surface area (Å²) in [5, 5.41) is 9.42. The number of fused-ring (bicyclic) bond motifs is 11. The minimum atomic E-state index is 0.576. The first-order valence-electron chi connectivity index (χ1n) is 18.4. The Bertz CT molecular complexity index is 3500. The molecule has 4 aromatic heterocycles. The largest absolute Gasteiger partial charge is 0.307 e. The fraction of sp³-hybridized carbons (Fsp3) is 0. The first kappa shape index (κ1) is 30.3. The van der Waals surface area contributed by atoms with Crippen molar-refractivity contribution in [3.8, 4) is 34.4 Å². The molecular formula is C49H29N5S. The van der Waals surface area contributed by atoms with Gasteiger partial charge in [0.15, 0.2) is 11.6 Å². The van der Waals surface area contributed by atoms with Crippen LogP contribution in [-0.2, 0) is 0 Å². The van der Waals surface area contributed by atoms with Gasteiger partial charge in [0.25, 0.3) is 0 Å². The lowest BCUT2D eigenvalue weighted by atomic mass is 10.1. The average Bonchev–Trinajstić information content (AvgIpc) is 3.91. The number of thiophene rings is 1. The maximum Gasteiger partial charge on any atom is 0.238 e. The van der Waals surface area contributed by atoms with Gasteiger partial charge in [0.2, 0.25) is 5.95 Å². The predicted octanol–water partition coefficient (Wildman–Crippen LogP) is 12.9. The molecule has 6 heteroatoms. The summed E-state index contributed by atoms with van der Waals surface area (Å²) in [6, 6.07) is 62.6. The van der Waals surface area contributed by atoms with Crippen LogP contribution in [0.4, 0.5) is 0 Å². The van der Waals surface area contributed by atoms with Crippen molar-refractivity contribution in [2.75, 3.05) is 0 Å². The van der Waals surface area contributed by atoms with Crippen molar-refractivity contribution >= 4 is 85.9 Å². The fourth-order valence-electron chi connectivity index (χ4n) is 8.47. The molecule has 0 saturated carbocycles. The molecule has 8 aromatic carbocycles. The molecule has 256 valence electrons. The van der Waals surface area contributed by atoms with Gasteiger partial charge in [-0.2, -0.15) is 9.97 Å². The number of hydrogen-bond donors (Lipinski definition) is 0. The van der Waals surface area contributed by atoms with Crippen LogP contribution in [0.15, 0.2) is 176 Å². The zero-order chi connectivity index (χ0) is 36.0. The molecule has 0 spiro atoms. The first-order valence-corrected chi connectivity index (χ1v) is 19.3. The van der Waals surface area contributed by atoms with Gasteiger partial charge in [-0.1, -0.05) is 121 Å². The van der Waals surface area contributed by atoms with Crippen molar-refractivity contribution in [3.63, 3.8) is 0 Å². The van der Waals surface area contributed by atoms with E-state index in [2.05, 4.69) is 185 Å². The second kappa shape index (κ2) is 11.7. The second-order valence-electron chi connectivity index (χ2n) is 14.1. The highest BCUT2D eigenvalue weighted by Crippen LogP contribution is 2.42. The lowest BCUT2D eigenvalue weighted by Gasteiger charge is -2.13. The second-order valence-corrected chi connectivity index (χ2v) is 15.1. The Kier molecular flexibility index (Phi) is 6.44. The number of para-hydroxylation sites is 3. The molecule has 0 aliphatic carbocycles. The van der Waals surface area contributed by atoms with Crippen LogP contribution in [0, 0.1) is 0 Å². The maximum absolute atomic E-state index is 5.40. The van der Waals surface area contributed by atoms with Gasteiger partial charge >= 0.3 is 0 Å². The topological polar surface area (TPSA) is 48.5 Å². The van der Waals surface area contributed by atoms with Crippen molar-refractivity contribution in [1.29, 1.82) is 0 Å². The molecule has 0 saturated heterocycles. The third-order valence-electron chi connectivity index (χ3n) is 10.9. The fourth-order valence-corrected chi connectivity index (χ4v) is 9.56. The SMILES string of the molecule is c1ccc(-n2c3ccccc3c3ccc4c5ccccc5n(-c5nc(-c6ccc7ccccc7c6)nc(-c6ccc7sc8ccccc8c7c6)n5)c4c32)cc1. The quantitative estimate of drug-likeness (QED) is 0.182. The van der Waals surface area contributed by atoms with E-state index in [1.807, 2.05) is 11.3 Å². The Morgan fingerprint density at radius 2 is 0.927 bits per heavy atom. The highest BCUT2D eigenvalue weighted by atomic mass is 32.1. The van der Waals surface area contributed by atoms with Crippen LogP contribution < -0.4 is 0 Å². The molecule has 0 amide bonds. The third kappa shape index (κ3) is 4.55. The van der Waals surface area contributed by atoms with Crippen molar-refractivity contribution in [3.05, 3.63) is 176 Å². The molecule has 0 aliphatic rings. The lowest BCUT2D eigenvalue weighted by Crippen LogP contribution is -2.07. The van der Waals surface area contributed by atoms with E-state index in [4.69, 9.17) is 15.0 Å². The predicted molar refractivity (Wildman–Crippen MR) is 230 cm³/mol. The zero-order valence-corrected chi connectivity index (χ0v) is 30.2. The first-order chi connectivity index (χ1) is 27.3. The summed E-state index contributed by atoms with van der Waals surface area (Å²) in [6.45, 7) is 0. The van der Waals surface area contributed by atoms with E-state index in [9.17, 15) is 0 Å². The molecule has 4 heterocycles. The van der Waals surface area contributed by atoms with Gasteiger partial charge in [0.1, 0.15) is 0 Å². The van der Waals surface area contributed by atoms with Crippen molar-refractivity contribution in [2.24, 2.45) is 0 Å². The zero-order valence-electron chi connectivity index (χ0n) is 29.4. The average molecular weight is 720 g/mol. The summed E-state index contributed by atoms with van der Waals surface area (Å²) in [5.74, 6) is 1.83. The van der Waals surface area contributed by atoms with Crippen LogP contribution in [0.1, 0.15) is 0 Å². The normalized spacial score (nSPS) is 12.0. The lowest BCUT2D eigenvalue weighted by molar-refractivity contribution is 0.954. The molecule has 0 atom stereocenters. The van der Waals surface area contributed by atoms with Crippen LogP contribution in [0.25, 0.3) is 109 Å². The Balaban J connectivity index is 1.21. The summed E-state index contributed by atoms with van der Waals surface area (Å²) < 4.78 is 7.17. The summed E-state index contributed by atoms with van der Waals surface area (Å²) in [4.78, 5) is 16.0. The minimum absolute atomic E-state index is 0.576. The van der Waals surface area contributed by atoms with Gasteiger partial charge in [-0.25, -0.2) is 4.98 Å². The monoisotopic (exact) mass is 719 g/mol. The number of benzene rings is 8. The van der Waals surface area contributed by atoms with Crippen LogP contribution in [-0.4, -0.2) is 24.1 Å². The smallest absolute Gasteiger partial charge is 0.238 e. The van der Waals surface area contributed by atoms with Gasteiger partial charge in [0.05, 0.1) is 22.1 Å². The molecule has 5 nitrogen and oxygen atoms in total. The number of rotatable bonds is 4. The molecule has 0 unspecified atom stereocenters. The molecular weight excluding hydrogens is 691 g/mol. The van der Waals surface area contributed by atoms with Gasteiger partial charge < -0.3 is 4.57 Å². The number of hydrogen-bond acceptors (Lipinski definition) is 4. The standard InChI is InChI=1S/C49H29N5S/c1-2-14-34(15-3-1)53-41-19-9-6-16-35(41)38-25-26-39-36-17-7-10-20-42(36)54(46(39)45(38)53)49-51-47(32-23-22-30-12-4-5-13-31(30)28-32)50-48(52-49)33-24-27-44-40(29-33)37-18-8-11-21-43(37)55-44/h1-29H. The highest BCUT2D eigenvalue weighted by molar-refractivity contribution is 7.25. The molecule has 0 N–H and O–H groups in total. The molecule has 0 radical (unpaired) electrons. The summed E-state index contributed by atoms with van der Waals surface area (Å²) >= 11 is 1.81. The van der Waals surface area contributed by atoms with Crippen molar-refractivity contribution in [1.82, 2.24) is 24.1 Å².